The summed E-state index contributed by atoms with van der Waals surface area (Å²) in [7, 11) is 0. The average molecular weight is 240 g/mol. The number of hydrogen-bond donors (Lipinski definition) is 1. The maximum Gasteiger partial charge on any atom is 0.0587 e. The van der Waals surface area contributed by atoms with Gasteiger partial charge >= 0.3 is 0 Å². The van der Waals surface area contributed by atoms with Crippen molar-refractivity contribution in [3.63, 3.8) is 0 Å². The van der Waals surface area contributed by atoms with E-state index in [1.807, 2.05) is 0 Å². The molecule has 2 aliphatic heterocycles. The molecule has 0 aromatic heterocycles. The van der Waals surface area contributed by atoms with E-state index < -0.39 is 0 Å². The molecule has 0 spiro atoms. The SMILES string of the molecule is CCNC1CCN(CCC2CCCCO2)CC1. The molecule has 2 aliphatic rings. The minimum absolute atomic E-state index is 0.551. The summed E-state index contributed by atoms with van der Waals surface area (Å²) < 4.78 is 5.79. The minimum atomic E-state index is 0.551. The summed E-state index contributed by atoms with van der Waals surface area (Å²) >= 11 is 0. The topological polar surface area (TPSA) is 24.5 Å². The maximum absolute atomic E-state index is 5.79. The molecule has 1 unspecified atom stereocenters. The molecule has 1 N–H and O–H groups in total. The Morgan fingerprint density at radius 2 is 2.00 bits per heavy atom. The third-order valence-electron chi connectivity index (χ3n) is 4.12. The molecule has 0 aromatic rings. The molecule has 1 atom stereocenters. The second kappa shape index (κ2) is 7.34. The second-order valence-corrected chi connectivity index (χ2v) is 5.45. The zero-order valence-corrected chi connectivity index (χ0v) is 11.3. The first-order valence-corrected chi connectivity index (χ1v) is 7.46. The first-order valence-electron chi connectivity index (χ1n) is 7.46. The van der Waals surface area contributed by atoms with Crippen molar-refractivity contribution in [2.24, 2.45) is 0 Å². The van der Waals surface area contributed by atoms with Gasteiger partial charge in [-0.15, -0.1) is 0 Å². The van der Waals surface area contributed by atoms with E-state index in [4.69, 9.17) is 4.74 Å². The fraction of sp³-hybridized carbons (Fsp3) is 1.00. The summed E-state index contributed by atoms with van der Waals surface area (Å²) in [5.41, 5.74) is 0. The Bertz CT molecular complexity index is 196. The van der Waals surface area contributed by atoms with Crippen molar-refractivity contribution in [2.45, 2.75) is 57.6 Å². The van der Waals surface area contributed by atoms with Gasteiger partial charge in [-0.1, -0.05) is 6.92 Å². The number of ether oxygens (including phenoxy) is 1. The molecule has 0 radical (unpaired) electrons. The van der Waals surface area contributed by atoms with Gasteiger partial charge in [0.2, 0.25) is 0 Å². The van der Waals surface area contributed by atoms with Crippen molar-refractivity contribution in [3.8, 4) is 0 Å². The van der Waals surface area contributed by atoms with Crippen molar-refractivity contribution in [3.05, 3.63) is 0 Å². The summed E-state index contributed by atoms with van der Waals surface area (Å²) in [6.07, 6.45) is 8.35. The highest BCUT2D eigenvalue weighted by Crippen LogP contribution is 2.17. The highest BCUT2D eigenvalue weighted by atomic mass is 16.5. The smallest absolute Gasteiger partial charge is 0.0587 e. The lowest BCUT2D eigenvalue weighted by atomic mass is 10.0. The van der Waals surface area contributed by atoms with Crippen LogP contribution in [-0.4, -0.2) is 49.8 Å². The number of rotatable bonds is 5. The van der Waals surface area contributed by atoms with Crippen LogP contribution in [0.25, 0.3) is 0 Å². The molecule has 2 rings (SSSR count). The van der Waals surface area contributed by atoms with Crippen LogP contribution in [0.2, 0.25) is 0 Å². The normalized spacial score (nSPS) is 28.4. The van der Waals surface area contributed by atoms with Gasteiger partial charge in [0, 0.05) is 19.2 Å². The van der Waals surface area contributed by atoms with Crippen LogP contribution in [0.15, 0.2) is 0 Å². The van der Waals surface area contributed by atoms with E-state index in [9.17, 15) is 0 Å². The van der Waals surface area contributed by atoms with E-state index in [0.29, 0.717) is 6.10 Å². The van der Waals surface area contributed by atoms with Gasteiger partial charge in [0.1, 0.15) is 0 Å². The molecule has 3 nitrogen and oxygen atoms in total. The van der Waals surface area contributed by atoms with E-state index >= 15 is 0 Å². The number of piperidine rings is 1. The van der Waals surface area contributed by atoms with E-state index in [-0.39, 0.29) is 0 Å². The van der Waals surface area contributed by atoms with Crippen LogP contribution in [0, 0.1) is 0 Å². The summed E-state index contributed by atoms with van der Waals surface area (Å²) in [5.74, 6) is 0. The predicted molar refractivity (Wildman–Crippen MR) is 71.3 cm³/mol. The number of hydrogen-bond acceptors (Lipinski definition) is 3. The summed E-state index contributed by atoms with van der Waals surface area (Å²) in [6.45, 7) is 8.08. The fourth-order valence-corrected chi connectivity index (χ4v) is 3.01. The van der Waals surface area contributed by atoms with Crippen LogP contribution in [0.1, 0.15) is 45.4 Å². The van der Waals surface area contributed by atoms with Crippen LogP contribution in [-0.2, 0) is 4.74 Å². The molecule has 100 valence electrons. The minimum Gasteiger partial charge on any atom is -0.378 e. The van der Waals surface area contributed by atoms with Crippen LogP contribution in [0.5, 0.6) is 0 Å². The third kappa shape index (κ3) is 4.57. The Labute approximate surface area is 106 Å². The molecule has 17 heavy (non-hydrogen) atoms. The predicted octanol–water partition coefficient (Wildman–Crippen LogP) is 2.02. The lowest BCUT2D eigenvalue weighted by Crippen LogP contribution is -2.43. The highest BCUT2D eigenvalue weighted by molar-refractivity contribution is 4.77. The number of nitrogens with zero attached hydrogens (tertiary/aromatic N) is 1. The molecule has 2 fully saturated rings. The van der Waals surface area contributed by atoms with Crippen LogP contribution in [0.4, 0.5) is 0 Å². The van der Waals surface area contributed by atoms with E-state index in [2.05, 4.69) is 17.1 Å². The van der Waals surface area contributed by atoms with Gasteiger partial charge in [-0.05, 0) is 58.2 Å². The van der Waals surface area contributed by atoms with E-state index in [0.717, 1.165) is 19.2 Å². The molecule has 3 heteroatoms. The first-order chi connectivity index (χ1) is 8.38. The van der Waals surface area contributed by atoms with Crippen molar-refractivity contribution < 1.29 is 4.74 Å². The quantitative estimate of drug-likeness (QED) is 0.795. The Kier molecular flexibility index (Phi) is 5.75. The second-order valence-electron chi connectivity index (χ2n) is 5.45. The largest absolute Gasteiger partial charge is 0.378 e. The Morgan fingerprint density at radius 1 is 1.18 bits per heavy atom. The van der Waals surface area contributed by atoms with Crippen molar-refractivity contribution >= 4 is 0 Å². The summed E-state index contributed by atoms with van der Waals surface area (Å²) in [4.78, 5) is 2.62. The van der Waals surface area contributed by atoms with Gasteiger partial charge < -0.3 is 15.0 Å². The van der Waals surface area contributed by atoms with Gasteiger partial charge in [-0.25, -0.2) is 0 Å². The number of nitrogens with one attached hydrogen (secondary N) is 1. The Hall–Kier alpha value is -0.120. The average Bonchev–Trinajstić information content (AvgIpc) is 2.40. The molecule has 0 aromatic carbocycles. The number of likely N-dealkylation sites (tertiary alicyclic amines) is 1. The fourth-order valence-electron chi connectivity index (χ4n) is 3.01. The lowest BCUT2D eigenvalue weighted by Gasteiger charge is -2.33. The third-order valence-corrected chi connectivity index (χ3v) is 4.12. The summed E-state index contributed by atoms with van der Waals surface area (Å²) in [5, 5.41) is 3.56. The summed E-state index contributed by atoms with van der Waals surface area (Å²) in [6, 6.07) is 0.766. The van der Waals surface area contributed by atoms with Crippen molar-refractivity contribution in [1.82, 2.24) is 10.2 Å². The molecule has 2 heterocycles. The van der Waals surface area contributed by atoms with Crippen molar-refractivity contribution in [2.75, 3.05) is 32.8 Å². The van der Waals surface area contributed by atoms with Gasteiger partial charge in [-0.2, -0.15) is 0 Å². The highest BCUT2D eigenvalue weighted by Gasteiger charge is 2.20. The van der Waals surface area contributed by atoms with Crippen LogP contribution in [0.3, 0.4) is 0 Å². The molecular weight excluding hydrogens is 212 g/mol. The molecule has 0 aliphatic carbocycles. The van der Waals surface area contributed by atoms with Crippen LogP contribution < -0.4 is 5.32 Å². The molecular formula is C14H28N2O. The van der Waals surface area contributed by atoms with Crippen LogP contribution >= 0.6 is 0 Å². The Balaban J connectivity index is 1.57. The molecule has 2 saturated heterocycles. The monoisotopic (exact) mass is 240 g/mol. The molecule has 0 amide bonds. The van der Waals surface area contributed by atoms with E-state index in [1.165, 1.54) is 58.2 Å². The first kappa shape index (κ1) is 13.3. The zero-order chi connectivity index (χ0) is 11.9. The zero-order valence-electron chi connectivity index (χ0n) is 11.3. The van der Waals surface area contributed by atoms with Crippen molar-refractivity contribution in [1.29, 1.82) is 0 Å². The van der Waals surface area contributed by atoms with Gasteiger partial charge in [0.05, 0.1) is 6.10 Å². The standard InChI is InChI=1S/C14H28N2O/c1-2-15-13-6-9-16(10-7-13)11-8-14-5-3-4-12-17-14/h13-15H,2-12H2,1H3. The van der Waals surface area contributed by atoms with Gasteiger partial charge in [0.15, 0.2) is 0 Å². The van der Waals surface area contributed by atoms with E-state index in [1.54, 1.807) is 0 Å². The molecule has 0 saturated carbocycles. The van der Waals surface area contributed by atoms with Gasteiger partial charge in [0.25, 0.3) is 0 Å². The molecule has 0 bridgehead atoms. The van der Waals surface area contributed by atoms with Gasteiger partial charge in [-0.3, -0.25) is 0 Å². The lowest BCUT2D eigenvalue weighted by molar-refractivity contribution is 0.00410. The Morgan fingerprint density at radius 3 is 2.65 bits per heavy atom. The maximum atomic E-state index is 5.79.